The predicted molar refractivity (Wildman–Crippen MR) is 135 cm³/mol. The maximum Gasteiger partial charge on any atom is 0.256 e. The van der Waals surface area contributed by atoms with Crippen molar-refractivity contribution in [3.63, 3.8) is 0 Å². The van der Waals surface area contributed by atoms with Crippen molar-refractivity contribution in [3.05, 3.63) is 40.5 Å². The van der Waals surface area contributed by atoms with Crippen molar-refractivity contribution in [2.24, 2.45) is 5.41 Å². The van der Waals surface area contributed by atoms with Gasteiger partial charge in [0.05, 0.1) is 25.3 Å². The third kappa shape index (κ3) is 5.79. The molecule has 3 aliphatic rings. The van der Waals surface area contributed by atoms with E-state index in [0.717, 1.165) is 51.5 Å². The van der Waals surface area contributed by atoms with E-state index in [-0.39, 0.29) is 5.91 Å². The molecule has 35 heavy (non-hydrogen) atoms. The van der Waals surface area contributed by atoms with Gasteiger partial charge in [0.25, 0.3) is 5.91 Å². The molecule has 2 aromatic rings. The predicted octanol–water partition coefficient (Wildman–Crippen LogP) is 2.80. The molecule has 1 aliphatic carbocycles. The van der Waals surface area contributed by atoms with Gasteiger partial charge in [0.2, 0.25) is 5.95 Å². The molecule has 2 saturated heterocycles. The number of aromatic nitrogens is 2. The van der Waals surface area contributed by atoms with Crippen LogP contribution in [0.25, 0.3) is 0 Å². The summed E-state index contributed by atoms with van der Waals surface area (Å²) in [7, 11) is 1.59. The molecule has 10 heteroatoms. The van der Waals surface area contributed by atoms with E-state index < -0.39 is 0 Å². The van der Waals surface area contributed by atoms with Gasteiger partial charge in [-0.05, 0) is 42.4 Å². The number of anilines is 2. The third-order valence-corrected chi connectivity index (χ3v) is 7.49. The summed E-state index contributed by atoms with van der Waals surface area (Å²) in [6.45, 7) is 7.03. The van der Waals surface area contributed by atoms with Crippen LogP contribution in [0, 0.1) is 5.41 Å². The lowest BCUT2D eigenvalue weighted by atomic mass is 10.1. The Kier molecular flexibility index (Phi) is 7.27. The topological polar surface area (TPSA) is 91.8 Å². The number of nitrogens with one attached hydrogen (secondary N) is 2. The first-order valence-corrected chi connectivity index (χ1v) is 12.7. The summed E-state index contributed by atoms with van der Waals surface area (Å²) in [4.78, 5) is 27.0. The van der Waals surface area contributed by atoms with Crippen molar-refractivity contribution in [2.45, 2.75) is 25.8 Å². The Morgan fingerprint density at radius 2 is 2.06 bits per heavy atom. The summed E-state index contributed by atoms with van der Waals surface area (Å²) in [5.41, 5.74) is 1.87. The third-order valence-electron chi connectivity index (χ3n) is 7.19. The molecule has 9 nitrogen and oxygen atoms in total. The number of amides is 1. The number of rotatable bonds is 9. The number of carbonyl (C=O) groups is 1. The first-order valence-electron chi connectivity index (χ1n) is 12.3. The Morgan fingerprint density at radius 1 is 1.23 bits per heavy atom. The number of hydrogen-bond donors (Lipinski definition) is 2. The molecule has 1 aromatic heterocycles. The molecule has 0 bridgehead atoms. The lowest BCUT2D eigenvalue weighted by Crippen LogP contribution is -2.41. The zero-order valence-electron chi connectivity index (χ0n) is 20.2. The Morgan fingerprint density at radius 3 is 2.77 bits per heavy atom. The highest BCUT2D eigenvalue weighted by molar-refractivity contribution is 6.32. The number of hydrogen-bond acceptors (Lipinski definition) is 8. The summed E-state index contributed by atoms with van der Waals surface area (Å²) in [6.07, 6.45) is 5.41. The molecular formula is C25H33ClN6O3. The molecule has 2 aliphatic heterocycles. The molecule has 1 spiro atoms. The highest BCUT2D eigenvalue weighted by Crippen LogP contribution is 2.53. The second-order valence-electron chi connectivity index (χ2n) is 9.64. The van der Waals surface area contributed by atoms with E-state index in [4.69, 9.17) is 26.1 Å². The van der Waals surface area contributed by atoms with Crippen LogP contribution in [0.3, 0.4) is 0 Å². The Balaban J connectivity index is 1.29. The number of carbonyl (C=O) groups excluding carboxylic acids is 1. The summed E-state index contributed by atoms with van der Waals surface area (Å²) in [5, 5.41) is 6.92. The number of nitrogens with zero attached hydrogens (tertiary/aromatic N) is 4. The fourth-order valence-electron chi connectivity index (χ4n) is 4.77. The largest absolute Gasteiger partial charge is 0.495 e. The maximum absolute atomic E-state index is 13.1. The maximum atomic E-state index is 13.1. The van der Waals surface area contributed by atoms with Crippen LogP contribution < -0.4 is 20.3 Å². The van der Waals surface area contributed by atoms with Gasteiger partial charge in [0.15, 0.2) is 0 Å². The quantitative estimate of drug-likeness (QED) is 0.543. The highest BCUT2D eigenvalue weighted by atomic mass is 35.5. The Bertz CT molecular complexity index is 1060. The minimum atomic E-state index is -0.180. The number of benzene rings is 1. The zero-order chi connectivity index (χ0) is 24.3. The monoisotopic (exact) mass is 500 g/mol. The molecule has 1 saturated carbocycles. The van der Waals surface area contributed by atoms with E-state index in [9.17, 15) is 4.79 Å². The van der Waals surface area contributed by atoms with E-state index in [1.807, 2.05) is 18.2 Å². The molecule has 1 aromatic carbocycles. The van der Waals surface area contributed by atoms with Crippen molar-refractivity contribution in [1.82, 2.24) is 20.2 Å². The van der Waals surface area contributed by atoms with Gasteiger partial charge >= 0.3 is 0 Å². The molecule has 3 fully saturated rings. The van der Waals surface area contributed by atoms with Crippen LogP contribution in [0.5, 0.6) is 5.75 Å². The summed E-state index contributed by atoms with van der Waals surface area (Å²) in [6, 6.07) is 5.64. The average Bonchev–Trinajstić information content (AvgIpc) is 3.51. The van der Waals surface area contributed by atoms with E-state index in [0.29, 0.717) is 46.6 Å². The second-order valence-corrected chi connectivity index (χ2v) is 10.0. The van der Waals surface area contributed by atoms with Crippen LogP contribution in [0.1, 0.15) is 35.2 Å². The molecule has 3 heterocycles. The van der Waals surface area contributed by atoms with Crippen LogP contribution in [0.4, 0.5) is 11.8 Å². The van der Waals surface area contributed by atoms with E-state index >= 15 is 0 Å². The van der Waals surface area contributed by atoms with Crippen molar-refractivity contribution in [2.75, 3.05) is 69.8 Å². The van der Waals surface area contributed by atoms with Crippen molar-refractivity contribution < 1.29 is 14.3 Å². The van der Waals surface area contributed by atoms with Gasteiger partial charge in [-0.1, -0.05) is 17.7 Å². The highest BCUT2D eigenvalue weighted by Gasteiger charge is 2.48. The molecule has 0 radical (unpaired) electrons. The number of methoxy groups -OCH3 is 1. The zero-order valence-corrected chi connectivity index (χ0v) is 20.9. The van der Waals surface area contributed by atoms with E-state index in [1.165, 1.54) is 19.3 Å². The number of halogens is 1. The fraction of sp³-hybridized carbons (Fsp3) is 0.560. The number of morpholine rings is 1. The van der Waals surface area contributed by atoms with Crippen molar-refractivity contribution in [3.8, 4) is 5.75 Å². The molecule has 0 unspecified atom stereocenters. The van der Waals surface area contributed by atoms with Crippen LogP contribution in [0.2, 0.25) is 5.02 Å². The van der Waals surface area contributed by atoms with Gasteiger partial charge in [-0.15, -0.1) is 0 Å². The van der Waals surface area contributed by atoms with Gasteiger partial charge in [-0.2, -0.15) is 4.98 Å². The molecule has 2 N–H and O–H groups in total. The summed E-state index contributed by atoms with van der Waals surface area (Å²) in [5.74, 6) is 1.65. The summed E-state index contributed by atoms with van der Waals surface area (Å²) < 4.78 is 10.6. The van der Waals surface area contributed by atoms with Gasteiger partial charge in [-0.3, -0.25) is 9.69 Å². The second kappa shape index (κ2) is 10.6. The average molecular weight is 501 g/mol. The molecular weight excluding hydrogens is 468 g/mol. The molecule has 188 valence electrons. The fourth-order valence-corrected chi connectivity index (χ4v) is 5.05. The van der Waals surface area contributed by atoms with Gasteiger partial charge < -0.3 is 25.0 Å². The van der Waals surface area contributed by atoms with Gasteiger partial charge in [-0.25, -0.2) is 4.98 Å². The molecule has 5 rings (SSSR count). The van der Waals surface area contributed by atoms with Gasteiger partial charge in [0, 0.05) is 52.0 Å². The molecule has 1 amide bonds. The first kappa shape index (κ1) is 24.1. The number of ether oxygens (including phenoxy) is 2. The Hall–Kier alpha value is -2.62. The lowest BCUT2D eigenvalue weighted by Gasteiger charge is -2.26. The van der Waals surface area contributed by atoms with Crippen LogP contribution in [-0.4, -0.2) is 80.4 Å². The van der Waals surface area contributed by atoms with Gasteiger partial charge in [0.1, 0.15) is 17.1 Å². The Labute approximate surface area is 211 Å². The van der Waals surface area contributed by atoms with Crippen molar-refractivity contribution >= 4 is 29.3 Å². The summed E-state index contributed by atoms with van der Waals surface area (Å²) >= 11 is 6.30. The standard InChI is InChI=1S/C25H33ClN6O3/c1-34-21-3-2-18(14-20(21)26)15-28-22-19(23(33)27-7-9-31-10-12-35-13-11-31)16-29-24(30-22)32-8-6-25(17-32)4-5-25/h2-3,14,16H,4-13,15,17H2,1H3,(H,27,33)(H,28,29,30). The lowest BCUT2D eigenvalue weighted by molar-refractivity contribution is 0.0383. The van der Waals surface area contributed by atoms with E-state index in [2.05, 4.69) is 25.4 Å². The minimum absolute atomic E-state index is 0.180. The van der Waals surface area contributed by atoms with Crippen LogP contribution >= 0.6 is 11.6 Å². The normalized spacial score (nSPS) is 19.1. The van der Waals surface area contributed by atoms with Crippen LogP contribution in [0.15, 0.2) is 24.4 Å². The van der Waals surface area contributed by atoms with Crippen LogP contribution in [-0.2, 0) is 11.3 Å². The minimum Gasteiger partial charge on any atom is -0.495 e. The first-order chi connectivity index (χ1) is 17.0. The SMILES string of the molecule is COc1ccc(CNc2nc(N3CCC4(CC4)C3)ncc2C(=O)NCCN2CCOCC2)cc1Cl. The van der Waals surface area contributed by atoms with E-state index in [1.54, 1.807) is 13.3 Å². The molecule has 0 atom stereocenters. The smallest absolute Gasteiger partial charge is 0.256 e. The van der Waals surface area contributed by atoms with Crippen molar-refractivity contribution in [1.29, 1.82) is 0 Å².